The number of carbonyl (C=O) groups excluding carboxylic acids is 4. The molecule has 2 aliphatic heterocycles. The van der Waals surface area contributed by atoms with Crippen molar-refractivity contribution < 1.29 is 45.4 Å². The van der Waals surface area contributed by atoms with E-state index >= 15 is 0 Å². The van der Waals surface area contributed by atoms with Crippen LogP contribution in [0.3, 0.4) is 0 Å². The maximum Gasteiger partial charge on any atom is 2.00 e. The number of aromatic nitrogens is 4. The Kier molecular flexibility index (Phi) is 20.0. The second-order valence-electron chi connectivity index (χ2n) is 28.4. The molecule has 1 radical (unpaired) electrons. The molecule has 5 heterocycles. The Morgan fingerprint density at radius 3 is 0.879 bits per heavy atom. The van der Waals surface area contributed by atoms with Crippen LogP contribution in [0.5, 0.6) is 0 Å². The molecule has 4 amide bonds. The van der Waals surface area contributed by atoms with Gasteiger partial charge < -0.3 is 40.7 Å². The summed E-state index contributed by atoms with van der Waals surface area (Å²) in [5, 5.41) is 12.7. The van der Waals surface area contributed by atoms with Crippen LogP contribution in [0.15, 0.2) is 97.1 Å². The number of hydrogen-bond donors (Lipinski definition) is 4. The first kappa shape index (κ1) is 68.7. The third kappa shape index (κ3) is 14.8. The number of benzene rings is 4. The van der Waals surface area contributed by atoms with Crippen molar-refractivity contribution >= 4 is 92.7 Å². The topological polar surface area (TPSA) is 189 Å². The van der Waals surface area contributed by atoms with Gasteiger partial charge in [0.15, 0.2) is 0 Å². The second kappa shape index (κ2) is 26.6. The molecule has 2 atom stereocenters. The normalized spacial score (nSPS) is 13.3. The van der Waals surface area contributed by atoms with Crippen molar-refractivity contribution in [1.29, 1.82) is 0 Å². The van der Waals surface area contributed by atoms with Crippen LogP contribution >= 0.6 is 0 Å². The van der Waals surface area contributed by atoms with E-state index in [-0.39, 0.29) is 62.1 Å². The van der Waals surface area contributed by atoms with E-state index in [0.29, 0.717) is 89.8 Å². The number of amides is 4. The molecule has 0 fully saturated rings. The Morgan fingerprint density at radius 1 is 0.374 bits per heavy atom. The van der Waals surface area contributed by atoms with Crippen LogP contribution in [-0.4, -0.2) is 60.0 Å². The summed E-state index contributed by atoms with van der Waals surface area (Å²) >= 11 is 0. The molecule has 2 aliphatic rings. The van der Waals surface area contributed by atoms with Crippen molar-refractivity contribution in [3.05, 3.63) is 142 Å². The summed E-state index contributed by atoms with van der Waals surface area (Å²) in [4.78, 5) is 78.9. The van der Waals surface area contributed by atoms with Crippen LogP contribution < -0.4 is 31.2 Å². The van der Waals surface area contributed by atoms with Gasteiger partial charge in [-0.15, -0.1) is 22.1 Å². The van der Waals surface area contributed by atoms with E-state index in [1.807, 2.05) is 94.5 Å². The molecule has 2 unspecified atom stereocenters. The number of nitrogens with zero attached hydrogens (tertiary/aromatic N) is 4. The van der Waals surface area contributed by atoms with E-state index in [1.165, 1.54) is 14.2 Å². The quantitative estimate of drug-likeness (QED) is 0.0815. The molecule has 0 aliphatic carbocycles. The van der Waals surface area contributed by atoms with Crippen molar-refractivity contribution in [1.82, 2.24) is 19.9 Å². The fraction of sp³-hybridized carbons (Fsp3) is 0.368. The Morgan fingerprint density at radius 2 is 0.626 bits per heavy atom. The predicted octanol–water partition coefficient (Wildman–Crippen LogP) is 16.9. The summed E-state index contributed by atoms with van der Waals surface area (Å²) in [6.45, 7) is 37.2. The molecule has 8 bridgehead atoms. The molecule has 4 aromatic carbocycles. The second-order valence-corrected chi connectivity index (χ2v) is 28.4. The fourth-order valence-electron chi connectivity index (χ4n) is 10.8. The minimum absolute atomic E-state index is 0. The van der Waals surface area contributed by atoms with E-state index in [9.17, 15) is 19.2 Å². The molecule has 477 valence electrons. The number of ether oxygens (including phenoxy) is 2. The SMILES string of the molecule is COC(C)C(=O)Nc1cccc(NC(=O)C(C)OC)c1-c1c2nc(c(-c3cc(C(C)(C)C)cc(C(C)(C)C)c3)c3ccc([n-]3)c(-c3c(NC(=O)C(C)C)cccc3NC(=O)C(C)C)c3nc(c(-c4cc(C(C)(C)C)cc(C(C)(C)C)c4)c4ccc1[n-]4)C=C3)C=C2.[Co+2]. The Bertz CT molecular complexity index is 4010. The van der Waals surface area contributed by atoms with Crippen LogP contribution in [0.2, 0.25) is 0 Å². The number of rotatable bonds is 14. The Labute approximate surface area is 547 Å². The minimum atomic E-state index is -0.837. The predicted molar refractivity (Wildman–Crippen MR) is 370 cm³/mol. The number of nitrogens with one attached hydrogen (secondary N) is 4. The van der Waals surface area contributed by atoms with Crippen LogP contribution in [0.1, 0.15) is 170 Å². The van der Waals surface area contributed by atoms with E-state index in [0.717, 1.165) is 44.5 Å². The van der Waals surface area contributed by atoms with Gasteiger partial charge in [0, 0.05) is 37.2 Å². The van der Waals surface area contributed by atoms with Gasteiger partial charge in [0.05, 0.1) is 45.5 Å². The first-order chi connectivity index (χ1) is 42.2. The largest absolute Gasteiger partial charge is 2.00 e. The van der Waals surface area contributed by atoms with Crippen molar-refractivity contribution in [2.45, 2.75) is 158 Å². The monoisotopic (exact) mass is 1270 g/mol. The van der Waals surface area contributed by atoms with Gasteiger partial charge >= 0.3 is 16.8 Å². The molecule has 9 rings (SSSR count). The van der Waals surface area contributed by atoms with E-state index in [2.05, 4.69) is 141 Å². The summed E-state index contributed by atoms with van der Waals surface area (Å²) in [7, 11) is 2.96. The van der Waals surface area contributed by atoms with Crippen molar-refractivity contribution in [2.75, 3.05) is 35.5 Å². The van der Waals surface area contributed by atoms with Gasteiger partial charge in [0.25, 0.3) is 11.8 Å². The number of methoxy groups -OCH3 is 2. The number of anilines is 4. The van der Waals surface area contributed by atoms with Gasteiger partial charge in [-0.2, -0.15) is 0 Å². The average Bonchev–Trinajstić information content (AvgIpc) is 1.67. The molecule has 3 aromatic heterocycles. The molecule has 14 nitrogen and oxygen atoms in total. The van der Waals surface area contributed by atoms with Crippen LogP contribution in [-0.2, 0) is 67.1 Å². The molecule has 0 saturated carbocycles. The van der Waals surface area contributed by atoms with Gasteiger partial charge in [-0.3, -0.25) is 19.2 Å². The Balaban J connectivity index is 0.0000107. The number of carbonyl (C=O) groups is 4. The minimum Gasteiger partial charge on any atom is -0.657 e. The van der Waals surface area contributed by atoms with Crippen molar-refractivity contribution in [3.8, 4) is 44.5 Å². The van der Waals surface area contributed by atoms with Gasteiger partial charge in [-0.25, -0.2) is 9.97 Å². The van der Waals surface area contributed by atoms with Crippen LogP contribution in [0, 0.1) is 11.8 Å². The summed E-state index contributed by atoms with van der Waals surface area (Å²) in [6, 6.07) is 32.2. The molecule has 0 saturated heterocycles. The Hall–Kier alpha value is -8.21. The van der Waals surface area contributed by atoms with Crippen molar-refractivity contribution in [2.24, 2.45) is 11.8 Å². The van der Waals surface area contributed by atoms with Crippen molar-refractivity contribution in [3.63, 3.8) is 0 Å². The van der Waals surface area contributed by atoms with Gasteiger partial charge in [0.2, 0.25) is 11.8 Å². The smallest absolute Gasteiger partial charge is 0.657 e. The first-order valence-corrected chi connectivity index (χ1v) is 31.1. The molecule has 4 N–H and O–H groups in total. The molecular formula is C76H88CoN8O6. The third-order valence-electron chi connectivity index (χ3n) is 16.7. The van der Waals surface area contributed by atoms with Crippen LogP contribution in [0.25, 0.3) is 90.9 Å². The number of hydrogen-bond acceptors (Lipinski definition) is 8. The van der Waals surface area contributed by atoms with E-state index in [1.54, 1.807) is 32.0 Å². The third-order valence-corrected chi connectivity index (χ3v) is 16.7. The van der Waals surface area contributed by atoms with Gasteiger partial charge in [-0.1, -0.05) is 184 Å². The molecule has 7 aromatic rings. The van der Waals surface area contributed by atoms with E-state index in [4.69, 9.17) is 29.4 Å². The standard InChI is InChI=1S/C76H90N8O6.Co/c1-41(2)69(85)81-51-23-21-24-52(82-70(86)42(3)4)65(51)67-59-31-27-55(77-59)63(45-35-47(73(7,8)9)39-48(36-45)74(10,11)12)57-29-33-61(79-57)68(66-53(83-71(87)43(5)89-19)25-22-26-54(66)84-72(88)44(6)90-20)62-34-30-58(80-62)64(56-28-32-60(67)78-56)46-37-49(75(13,14)15)40-50(38-46)76(16,17)18;/h21-44H,1-20H3,(H6,77,78,79,80,81,82,83,84,85,86,87,88);/q;+2/p-2. The summed E-state index contributed by atoms with van der Waals surface area (Å²) in [5.41, 5.74) is 14.6. The molecule has 15 heteroatoms. The molecular weight excluding hydrogens is 1180 g/mol. The summed E-state index contributed by atoms with van der Waals surface area (Å²) in [5.74, 6) is -1.99. The summed E-state index contributed by atoms with van der Waals surface area (Å²) < 4.78 is 11.1. The summed E-state index contributed by atoms with van der Waals surface area (Å²) in [6.07, 6.45) is 6.22. The van der Waals surface area contributed by atoms with Gasteiger partial charge in [0.1, 0.15) is 12.2 Å². The van der Waals surface area contributed by atoms with Crippen LogP contribution in [0.4, 0.5) is 22.7 Å². The maximum absolute atomic E-state index is 14.1. The zero-order chi connectivity index (χ0) is 65.7. The average molecular weight is 1270 g/mol. The fourth-order valence-corrected chi connectivity index (χ4v) is 10.8. The zero-order valence-corrected chi connectivity index (χ0v) is 57.5. The zero-order valence-electron chi connectivity index (χ0n) is 56.4. The van der Waals surface area contributed by atoms with E-state index < -0.39 is 24.0 Å². The molecule has 0 spiro atoms. The van der Waals surface area contributed by atoms with Gasteiger partial charge in [-0.05, 0) is 140 Å². The number of fused-ring (bicyclic) bond motifs is 8. The maximum atomic E-state index is 14.1. The first-order valence-electron chi connectivity index (χ1n) is 31.1. The molecule has 91 heavy (non-hydrogen) atoms.